The molecule has 26 heavy (non-hydrogen) atoms. The van der Waals surface area contributed by atoms with Crippen molar-refractivity contribution >= 4 is 17.7 Å². The monoisotopic (exact) mass is 350 g/mol. The van der Waals surface area contributed by atoms with Crippen LogP contribution in [0.2, 0.25) is 0 Å². The summed E-state index contributed by atoms with van der Waals surface area (Å²) in [4.78, 5) is 4.68. The van der Waals surface area contributed by atoms with Crippen LogP contribution >= 0.6 is 0 Å². The summed E-state index contributed by atoms with van der Waals surface area (Å²) < 4.78 is 0. The van der Waals surface area contributed by atoms with Crippen LogP contribution in [0.25, 0.3) is 0 Å². The van der Waals surface area contributed by atoms with Crippen LogP contribution in [0.5, 0.6) is 0 Å². The number of benzene rings is 1. The average Bonchev–Trinajstić information content (AvgIpc) is 3.01. The van der Waals surface area contributed by atoms with Crippen molar-refractivity contribution in [1.82, 2.24) is 9.99 Å². The highest BCUT2D eigenvalue weighted by Crippen LogP contribution is 2.34. The van der Waals surface area contributed by atoms with Gasteiger partial charge >= 0.3 is 0 Å². The van der Waals surface area contributed by atoms with Gasteiger partial charge in [0.2, 0.25) is 0 Å². The molecule has 0 spiro atoms. The molecule has 0 aliphatic carbocycles. The fourth-order valence-electron chi connectivity index (χ4n) is 3.76. The van der Waals surface area contributed by atoms with Gasteiger partial charge in [0, 0.05) is 26.0 Å². The van der Waals surface area contributed by atoms with Crippen molar-refractivity contribution in [2.45, 2.75) is 30.8 Å². The summed E-state index contributed by atoms with van der Waals surface area (Å²) in [5.74, 6) is 0.851. The van der Waals surface area contributed by atoms with E-state index >= 15 is 0 Å². The van der Waals surface area contributed by atoms with Gasteiger partial charge in [0.25, 0.3) is 0 Å². The number of likely N-dealkylation sites (N-methyl/N-ethyl adjacent to an activating group) is 1. The Hall–Kier alpha value is -2.60. The number of rotatable bonds is 3. The smallest absolute Gasteiger partial charge is 0.149 e. The van der Waals surface area contributed by atoms with E-state index in [2.05, 4.69) is 52.8 Å². The molecule has 3 heterocycles. The molecular formula is C20H26N6. The van der Waals surface area contributed by atoms with Gasteiger partial charge < -0.3 is 16.4 Å². The second-order valence-electron chi connectivity index (χ2n) is 7.82. The first-order valence-corrected chi connectivity index (χ1v) is 9.00. The lowest BCUT2D eigenvalue weighted by Crippen LogP contribution is -2.54. The van der Waals surface area contributed by atoms with Crippen molar-refractivity contribution in [1.29, 1.82) is 0 Å². The number of nitrogens with two attached hydrogens (primary N) is 1. The molecule has 2 aromatic rings. The Morgan fingerprint density at radius 2 is 2.08 bits per heavy atom. The highest BCUT2D eigenvalue weighted by molar-refractivity contribution is 5.77. The van der Waals surface area contributed by atoms with Gasteiger partial charge in [-0.3, -0.25) is 5.01 Å². The predicted molar refractivity (Wildman–Crippen MR) is 107 cm³/mol. The van der Waals surface area contributed by atoms with Gasteiger partial charge in [0.1, 0.15) is 5.82 Å². The van der Waals surface area contributed by atoms with E-state index in [0.717, 1.165) is 35.7 Å². The second kappa shape index (κ2) is 5.99. The summed E-state index contributed by atoms with van der Waals surface area (Å²) in [5.41, 5.74) is 9.36. The lowest BCUT2D eigenvalue weighted by atomic mass is 9.83. The molecule has 1 aromatic heterocycles. The number of anilines is 2. The van der Waals surface area contributed by atoms with Crippen molar-refractivity contribution in [2.24, 2.45) is 10.8 Å². The number of aromatic nitrogens is 1. The lowest BCUT2D eigenvalue weighted by Gasteiger charge is -2.39. The number of pyridine rings is 1. The number of fused-ring (bicyclic) bond motifs is 1. The Labute approximate surface area is 154 Å². The highest BCUT2D eigenvalue weighted by atomic mass is 15.5. The molecule has 4 rings (SSSR count). The Bertz CT molecular complexity index is 831. The van der Waals surface area contributed by atoms with E-state index in [1.165, 1.54) is 0 Å². The van der Waals surface area contributed by atoms with Crippen molar-refractivity contribution in [3.05, 3.63) is 53.7 Å². The molecule has 6 nitrogen and oxygen atoms in total. The summed E-state index contributed by atoms with van der Waals surface area (Å²) in [6, 6.07) is 12.4. The third-order valence-corrected chi connectivity index (χ3v) is 5.57. The molecule has 1 unspecified atom stereocenters. The van der Waals surface area contributed by atoms with Crippen LogP contribution in [0.1, 0.15) is 25.0 Å². The van der Waals surface area contributed by atoms with Crippen LogP contribution in [0, 0.1) is 0 Å². The molecular weight excluding hydrogens is 324 g/mol. The Morgan fingerprint density at radius 3 is 2.77 bits per heavy atom. The largest absolute Gasteiger partial charge is 0.380 e. The maximum Gasteiger partial charge on any atom is 0.149 e. The maximum absolute atomic E-state index is 6.68. The van der Waals surface area contributed by atoms with Crippen LogP contribution in [0.4, 0.5) is 11.5 Å². The van der Waals surface area contributed by atoms with Crippen LogP contribution in [0.3, 0.4) is 0 Å². The standard InChI is InChI=1S/C20H26N6/c1-19(12-24-26(3)13-19)15-9-16-18(23-10-15)25-17(11-22-16)20(2,21)14-7-5-4-6-8-14/h4-10,12,17,22H,11,13,21H2,1-3H3,(H,23,25)/t17-,19?,20-/m1/s1. The molecule has 0 saturated heterocycles. The fourth-order valence-corrected chi connectivity index (χ4v) is 3.76. The summed E-state index contributed by atoms with van der Waals surface area (Å²) in [6.07, 6.45) is 3.94. The molecule has 136 valence electrons. The molecule has 0 bridgehead atoms. The van der Waals surface area contributed by atoms with E-state index < -0.39 is 5.54 Å². The van der Waals surface area contributed by atoms with Crippen LogP contribution < -0.4 is 16.4 Å². The predicted octanol–water partition coefficient (Wildman–Crippen LogP) is 2.35. The van der Waals surface area contributed by atoms with Gasteiger partial charge in [-0.2, -0.15) is 5.10 Å². The third-order valence-electron chi connectivity index (χ3n) is 5.57. The normalized spacial score (nSPS) is 26.6. The van der Waals surface area contributed by atoms with E-state index in [9.17, 15) is 0 Å². The maximum atomic E-state index is 6.68. The van der Waals surface area contributed by atoms with Gasteiger partial charge in [-0.1, -0.05) is 30.3 Å². The molecule has 0 amide bonds. The number of hydrogen-bond acceptors (Lipinski definition) is 6. The van der Waals surface area contributed by atoms with Crippen molar-refractivity contribution in [3.8, 4) is 0 Å². The molecule has 3 atom stereocenters. The average molecular weight is 350 g/mol. The summed E-state index contributed by atoms with van der Waals surface area (Å²) in [7, 11) is 1.99. The Kier molecular flexibility index (Phi) is 3.88. The number of nitrogens with one attached hydrogen (secondary N) is 2. The minimum atomic E-state index is -0.501. The molecule has 2 aliphatic heterocycles. The van der Waals surface area contributed by atoms with Gasteiger partial charge in [0.15, 0.2) is 0 Å². The fraction of sp³-hybridized carbons (Fsp3) is 0.400. The molecule has 4 N–H and O–H groups in total. The Balaban J connectivity index is 1.58. The SMILES string of the molecule is CN1CC(C)(c2cnc3c(c2)NC[C@H]([C@](C)(N)c2ccccc2)N3)C=N1. The van der Waals surface area contributed by atoms with Crippen LogP contribution in [0.15, 0.2) is 47.7 Å². The second-order valence-corrected chi connectivity index (χ2v) is 7.82. The van der Waals surface area contributed by atoms with E-state index in [1.807, 2.05) is 42.7 Å². The Morgan fingerprint density at radius 1 is 1.31 bits per heavy atom. The van der Waals surface area contributed by atoms with Crippen molar-refractivity contribution < 1.29 is 0 Å². The summed E-state index contributed by atoms with van der Waals surface area (Å²) >= 11 is 0. The van der Waals surface area contributed by atoms with E-state index in [-0.39, 0.29) is 11.5 Å². The number of hydrazone groups is 1. The quantitative estimate of drug-likeness (QED) is 0.792. The van der Waals surface area contributed by atoms with Crippen molar-refractivity contribution in [2.75, 3.05) is 30.8 Å². The minimum absolute atomic E-state index is 0.0468. The molecule has 6 heteroatoms. The summed E-state index contributed by atoms with van der Waals surface area (Å²) in [5, 5.41) is 13.4. The molecule has 0 saturated carbocycles. The zero-order chi connectivity index (χ0) is 18.4. The molecule has 0 radical (unpaired) electrons. The third kappa shape index (κ3) is 2.80. The van der Waals surface area contributed by atoms with Gasteiger partial charge in [-0.15, -0.1) is 0 Å². The first-order valence-electron chi connectivity index (χ1n) is 9.00. The molecule has 2 aliphatic rings. The van der Waals surface area contributed by atoms with Gasteiger partial charge in [-0.05, 0) is 31.0 Å². The van der Waals surface area contributed by atoms with E-state index in [0.29, 0.717) is 0 Å². The first kappa shape index (κ1) is 16.8. The van der Waals surface area contributed by atoms with Crippen LogP contribution in [-0.2, 0) is 11.0 Å². The van der Waals surface area contributed by atoms with Gasteiger partial charge in [0.05, 0.1) is 29.2 Å². The number of nitrogens with zero attached hydrogens (tertiary/aromatic N) is 3. The molecule has 1 aromatic carbocycles. The molecule has 0 fully saturated rings. The zero-order valence-electron chi connectivity index (χ0n) is 15.5. The summed E-state index contributed by atoms with van der Waals surface area (Å²) in [6.45, 7) is 5.85. The topological polar surface area (TPSA) is 78.6 Å². The zero-order valence-corrected chi connectivity index (χ0v) is 15.5. The first-order chi connectivity index (χ1) is 12.4. The van der Waals surface area contributed by atoms with Crippen molar-refractivity contribution in [3.63, 3.8) is 0 Å². The number of hydrogen-bond donors (Lipinski definition) is 3. The minimum Gasteiger partial charge on any atom is -0.380 e. The van der Waals surface area contributed by atoms with E-state index in [4.69, 9.17) is 5.73 Å². The highest BCUT2D eigenvalue weighted by Gasteiger charge is 2.36. The van der Waals surface area contributed by atoms with E-state index in [1.54, 1.807) is 0 Å². The van der Waals surface area contributed by atoms with Crippen LogP contribution in [-0.4, -0.2) is 42.4 Å². The van der Waals surface area contributed by atoms with Gasteiger partial charge in [-0.25, -0.2) is 4.98 Å². The lowest BCUT2D eigenvalue weighted by molar-refractivity contribution is 0.348.